The summed E-state index contributed by atoms with van der Waals surface area (Å²) in [4.78, 5) is 28.8. The van der Waals surface area contributed by atoms with Gasteiger partial charge in [0.15, 0.2) is 5.76 Å². The quantitative estimate of drug-likeness (QED) is 0.336. The molecule has 0 aliphatic heterocycles. The van der Waals surface area contributed by atoms with Crippen LogP contribution < -0.4 is 5.48 Å². The first-order chi connectivity index (χ1) is 10.3. The minimum absolute atomic E-state index is 0.108. The van der Waals surface area contributed by atoms with Crippen LogP contribution in [0.25, 0.3) is 0 Å². The molecule has 0 radical (unpaired) electrons. The number of hydrogen-bond donors (Lipinski definition) is 1. The van der Waals surface area contributed by atoms with Crippen LogP contribution in [0.1, 0.15) is 27.7 Å². The van der Waals surface area contributed by atoms with Crippen molar-refractivity contribution in [1.29, 1.82) is 0 Å². The number of Topliss-reactive ketones (excluding diaryl/α,β-unsaturated/α-hetero) is 1. The summed E-state index contributed by atoms with van der Waals surface area (Å²) in [5.74, 6) is -2.23. The summed E-state index contributed by atoms with van der Waals surface area (Å²) in [5.41, 5.74) is 3.39. The Morgan fingerprint density at radius 1 is 1.50 bits per heavy atom. The third-order valence-corrected chi connectivity index (χ3v) is 3.53. The van der Waals surface area contributed by atoms with Gasteiger partial charge in [-0.3, -0.25) is 4.79 Å². The summed E-state index contributed by atoms with van der Waals surface area (Å²) >= 11 is 0. The van der Waals surface area contributed by atoms with E-state index in [1.54, 1.807) is 6.92 Å². The van der Waals surface area contributed by atoms with Crippen LogP contribution >= 0.6 is 0 Å². The number of ether oxygens (including phenoxy) is 2. The van der Waals surface area contributed by atoms with Gasteiger partial charge in [-0.2, -0.15) is 5.48 Å². The molecule has 122 valence electrons. The Hall–Kier alpha value is -1.92. The fourth-order valence-corrected chi connectivity index (χ4v) is 2.03. The van der Waals surface area contributed by atoms with Crippen molar-refractivity contribution in [3.63, 3.8) is 0 Å². The molecule has 1 rings (SSSR count). The van der Waals surface area contributed by atoms with Crippen LogP contribution in [0.15, 0.2) is 36.1 Å². The van der Waals surface area contributed by atoms with Crippen molar-refractivity contribution < 1.29 is 23.9 Å². The topological polar surface area (TPSA) is 73.9 Å². The van der Waals surface area contributed by atoms with Gasteiger partial charge in [-0.05, 0) is 26.3 Å². The molecule has 1 N–H and O–H groups in total. The van der Waals surface area contributed by atoms with Gasteiger partial charge >= 0.3 is 5.97 Å². The van der Waals surface area contributed by atoms with Crippen LogP contribution in [0.4, 0.5) is 0 Å². The molecule has 0 bridgehead atoms. The van der Waals surface area contributed by atoms with Gasteiger partial charge in [-0.25, -0.2) is 9.63 Å². The molecule has 3 unspecified atom stereocenters. The molecule has 0 saturated carbocycles. The zero-order chi connectivity index (χ0) is 16.9. The van der Waals surface area contributed by atoms with E-state index in [1.807, 2.05) is 26.0 Å². The lowest BCUT2D eigenvalue weighted by molar-refractivity contribution is -0.267. The average Bonchev–Trinajstić information content (AvgIpc) is 2.48. The van der Waals surface area contributed by atoms with Crippen molar-refractivity contribution in [2.24, 2.45) is 5.92 Å². The van der Waals surface area contributed by atoms with Gasteiger partial charge in [0.25, 0.3) is 5.79 Å². The number of hydrogen-bond acceptors (Lipinski definition) is 6. The Labute approximate surface area is 130 Å². The first-order valence-electron chi connectivity index (χ1n) is 7.01. The summed E-state index contributed by atoms with van der Waals surface area (Å²) in [7, 11) is 1.47. The highest BCUT2D eigenvalue weighted by Gasteiger charge is 2.49. The maximum absolute atomic E-state index is 11.8. The number of carbonyl (C=O) groups is 2. The van der Waals surface area contributed by atoms with Crippen molar-refractivity contribution in [2.75, 3.05) is 7.11 Å². The number of allylic oxidation sites excluding steroid dienone is 2. The van der Waals surface area contributed by atoms with Gasteiger partial charge in [0.05, 0.1) is 13.2 Å². The number of rotatable bonds is 7. The van der Waals surface area contributed by atoms with Gasteiger partial charge in [0, 0.05) is 12.0 Å². The third-order valence-electron chi connectivity index (χ3n) is 3.53. The van der Waals surface area contributed by atoms with E-state index in [1.165, 1.54) is 14.0 Å². The fourth-order valence-electron chi connectivity index (χ4n) is 2.03. The van der Waals surface area contributed by atoms with Gasteiger partial charge in [-0.1, -0.05) is 25.7 Å². The Morgan fingerprint density at radius 3 is 2.64 bits per heavy atom. The predicted molar refractivity (Wildman–Crippen MR) is 81.4 cm³/mol. The molecule has 0 aromatic carbocycles. The highest BCUT2D eigenvalue weighted by atomic mass is 16.8. The molecular weight excluding hydrogens is 286 g/mol. The molecular formula is C16H23NO5. The predicted octanol–water partition coefficient (Wildman–Crippen LogP) is 2.04. The minimum atomic E-state index is -1.50. The Balaban J connectivity index is 3.20. The molecule has 1 aliphatic rings. The zero-order valence-electron chi connectivity index (χ0n) is 13.6. The summed E-state index contributed by atoms with van der Waals surface area (Å²) in [6, 6.07) is -0.559. The standard InChI is InChI=1S/C16H23NO5/c1-7-14(19)21-16(22-17-12(4)13(5)18)11(3)9-8-10(2)15(16)20-6/h7-9,11-12,17H,1H2,2-6H3. The lowest BCUT2D eigenvalue weighted by Gasteiger charge is -2.39. The number of hydroxylamine groups is 1. The Bertz CT molecular complexity index is 523. The van der Waals surface area contributed by atoms with Crippen molar-refractivity contribution in [1.82, 2.24) is 5.48 Å². The Morgan fingerprint density at radius 2 is 2.14 bits per heavy atom. The van der Waals surface area contributed by atoms with Crippen LogP contribution in [-0.4, -0.2) is 30.7 Å². The summed E-state index contributed by atoms with van der Waals surface area (Å²) < 4.78 is 10.9. The highest BCUT2D eigenvalue weighted by Crippen LogP contribution is 2.38. The van der Waals surface area contributed by atoms with Crippen LogP contribution in [-0.2, 0) is 23.9 Å². The van der Waals surface area contributed by atoms with Crippen LogP contribution in [0, 0.1) is 5.92 Å². The molecule has 0 aromatic heterocycles. The highest BCUT2D eigenvalue weighted by molar-refractivity contribution is 5.82. The van der Waals surface area contributed by atoms with Crippen LogP contribution in [0.5, 0.6) is 0 Å². The van der Waals surface area contributed by atoms with Gasteiger partial charge in [-0.15, -0.1) is 0 Å². The Kier molecular flexibility index (Phi) is 6.08. The minimum Gasteiger partial charge on any atom is -0.494 e. The molecule has 0 spiro atoms. The lowest BCUT2D eigenvalue weighted by atomic mass is 9.90. The van der Waals surface area contributed by atoms with Crippen molar-refractivity contribution in [3.8, 4) is 0 Å². The number of methoxy groups -OCH3 is 1. The van der Waals surface area contributed by atoms with E-state index in [-0.39, 0.29) is 11.7 Å². The maximum Gasteiger partial charge on any atom is 0.333 e. The zero-order valence-corrected chi connectivity index (χ0v) is 13.6. The molecule has 1 aliphatic carbocycles. The van der Waals surface area contributed by atoms with E-state index in [2.05, 4.69) is 12.1 Å². The summed E-state index contributed by atoms with van der Waals surface area (Å²) in [6.07, 6.45) is 4.75. The van der Waals surface area contributed by atoms with Crippen LogP contribution in [0.2, 0.25) is 0 Å². The van der Waals surface area contributed by atoms with Gasteiger partial charge in [0.1, 0.15) is 5.78 Å². The molecule has 0 aromatic rings. The van der Waals surface area contributed by atoms with Gasteiger partial charge in [0.2, 0.25) is 0 Å². The molecule has 6 nitrogen and oxygen atoms in total. The SMILES string of the molecule is C=CC(=O)OC1(ONC(C)C(C)=O)C(OC)=C(C)C=CC1C. The summed E-state index contributed by atoms with van der Waals surface area (Å²) in [6.45, 7) is 10.1. The number of ketones is 1. The molecule has 0 fully saturated rings. The normalized spacial score (nSPS) is 25.6. The van der Waals surface area contributed by atoms with Crippen molar-refractivity contribution >= 4 is 11.8 Å². The van der Waals surface area contributed by atoms with E-state index in [9.17, 15) is 9.59 Å². The second-order valence-corrected chi connectivity index (χ2v) is 5.21. The fraction of sp³-hybridized carbons (Fsp3) is 0.500. The van der Waals surface area contributed by atoms with Gasteiger partial charge < -0.3 is 9.47 Å². The maximum atomic E-state index is 11.8. The largest absolute Gasteiger partial charge is 0.494 e. The second kappa shape index (κ2) is 7.38. The number of nitrogens with one attached hydrogen (secondary N) is 1. The summed E-state index contributed by atoms with van der Waals surface area (Å²) in [5, 5.41) is 0. The number of esters is 1. The first kappa shape index (κ1) is 18.1. The molecule has 0 saturated heterocycles. The van der Waals surface area contributed by atoms with Crippen molar-refractivity contribution in [2.45, 2.75) is 39.5 Å². The molecule has 0 amide bonds. The monoisotopic (exact) mass is 309 g/mol. The lowest BCUT2D eigenvalue weighted by Crippen LogP contribution is -2.52. The van der Waals surface area contributed by atoms with Crippen LogP contribution in [0.3, 0.4) is 0 Å². The van der Waals surface area contributed by atoms with E-state index >= 15 is 0 Å². The van der Waals surface area contributed by atoms with E-state index in [0.717, 1.165) is 11.6 Å². The smallest absolute Gasteiger partial charge is 0.333 e. The number of carbonyl (C=O) groups excluding carboxylic acids is 2. The molecule has 3 atom stereocenters. The average molecular weight is 309 g/mol. The molecule has 22 heavy (non-hydrogen) atoms. The first-order valence-corrected chi connectivity index (χ1v) is 7.01. The van der Waals surface area contributed by atoms with E-state index < -0.39 is 17.8 Å². The molecule has 0 heterocycles. The van der Waals surface area contributed by atoms with E-state index in [0.29, 0.717) is 5.76 Å². The van der Waals surface area contributed by atoms with Crippen molar-refractivity contribution in [3.05, 3.63) is 36.1 Å². The molecule has 6 heteroatoms. The second-order valence-electron chi connectivity index (χ2n) is 5.21. The third kappa shape index (κ3) is 3.64. The van der Waals surface area contributed by atoms with E-state index in [4.69, 9.17) is 14.3 Å².